The fourth-order valence-electron chi connectivity index (χ4n) is 2.17. The topological polar surface area (TPSA) is 25.3 Å². The van der Waals surface area contributed by atoms with Crippen LogP contribution in [0.2, 0.25) is 0 Å². The van der Waals surface area contributed by atoms with Crippen LogP contribution < -0.4 is 5.73 Å². The second kappa shape index (κ2) is 2.69. The van der Waals surface area contributed by atoms with Crippen molar-refractivity contribution in [1.82, 2.24) is 0 Å². The molecule has 0 aromatic heterocycles. The van der Waals surface area contributed by atoms with Gasteiger partial charge in [-0.25, -0.2) is 0 Å². The van der Waals surface area contributed by atoms with E-state index in [9.17, 15) is 0 Å². The number of rotatable bonds is 0. The predicted octanol–water partition coefficient (Wildman–Crippen LogP) is 1.92. The van der Waals surface area contributed by atoms with Crippen LogP contribution in [-0.2, 0) is 6.42 Å². The maximum absolute atomic E-state index is 5.77. The predicted molar refractivity (Wildman–Crippen MR) is 56.3 cm³/mol. The quantitative estimate of drug-likeness (QED) is 0.513. The van der Waals surface area contributed by atoms with Crippen molar-refractivity contribution in [3.8, 4) is 11.1 Å². The fraction of sp³-hybridized carbons (Fsp3) is 0.0769. The number of hydrogen-bond donors (Lipinski definition) is 1. The van der Waals surface area contributed by atoms with Crippen LogP contribution >= 0.6 is 0 Å². The minimum absolute atomic E-state index is 0.858. The lowest BCUT2D eigenvalue weighted by molar-refractivity contribution is -0.254. The van der Waals surface area contributed by atoms with Crippen LogP contribution in [0, 0.1) is 0 Å². The van der Waals surface area contributed by atoms with Crippen LogP contribution in [-0.4, -0.2) is 0 Å². The maximum Gasteiger partial charge on any atom is 0.177 e. The summed E-state index contributed by atoms with van der Waals surface area (Å²) in [5, 5.41) is 0. The van der Waals surface area contributed by atoms with Gasteiger partial charge in [-0.3, -0.25) is 0 Å². The van der Waals surface area contributed by atoms with Crippen molar-refractivity contribution < 1.29 is 5.73 Å². The molecule has 2 aromatic carbocycles. The van der Waals surface area contributed by atoms with Gasteiger partial charge in [0.25, 0.3) is 0 Å². The average Bonchev–Trinajstić information content (AvgIpc) is 2.54. The Hall–Kier alpha value is -1.60. The summed E-state index contributed by atoms with van der Waals surface area (Å²) >= 11 is 0. The molecule has 0 fully saturated rings. The van der Waals surface area contributed by atoms with E-state index in [4.69, 9.17) is 5.73 Å². The molecule has 0 saturated heterocycles. The van der Waals surface area contributed by atoms with Crippen molar-refractivity contribution in [2.24, 2.45) is 0 Å². The molecule has 0 amide bonds. The molecule has 0 bridgehead atoms. The molecule has 1 aliphatic carbocycles. The molecule has 67 valence electrons. The van der Waals surface area contributed by atoms with E-state index < -0.39 is 0 Å². The van der Waals surface area contributed by atoms with E-state index in [2.05, 4.69) is 36.4 Å². The Kier molecular flexibility index (Phi) is 1.49. The smallest absolute Gasteiger partial charge is 0.160 e. The van der Waals surface area contributed by atoms with Crippen LogP contribution in [0.15, 0.2) is 42.5 Å². The van der Waals surface area contributed by atoms with E-state index in [1.807, 2.05) is 6.07 Å². The zero-order valence-corrected chi connectivity index (χ0v) is 7.83. The number of anilines is 1. The highest BCUT2D eigenvalue weighted by Gasteiger charge is 2.17. The highest BCUT2D eigenvalue weighted by Crippen LogP contribution is 2.36. The lowest BCUT2D eigenvalue weighted by Crippen LogP contribution is -2.40. The summed E-state index contributed by atoms with van der Waals surface area (Å²) in [6.07, 6.45) is 1.02. The summed E-state index contributed by atoms with van der Waals surface area (Å²) in [5.41, 5.74) is 12.1. The summed E-state index contributed by atoms with van der Waals surface area (Å²) in [6.45, 7) is 0. The third-order valence-electron chi connectivity index (χ3n) is 2.82. The summed E-state index contributed by atoms with van der Waals surface area (Å²) < 4.78 is 0. The van der Waals surface area contributed by atoms with E-state index in [1.165, 1.54) is 22.3 Å². The Morgan fingerprint density at radius 2 is 1.64 bits per heavy atom. The minimum atomic E-state index is 0.858. The number of nitrogen functional groups attached to an aromatic ring is 1. The van der Waals surface area contributed by atoms with Crippen molar-refractivity contribution in [2.75, 3.05) is 0 Å². The van der Waals surface area contributed by atoms with Crippen molar-refractivity contribution in [3.63, 3.8) is 0 Å². The van der Waals surface area contributed by atoms with Gasteiger partial charge < -0.3 is 0 Å². The summed E-state index contributed by atoms with van der Waals surface area (Å²) in [6, 6.07) is 14.7. The average molecular weight is 181 g/mol. The Bertz CT molecular complexity index is 500. The first-order valence-corrected chi connectivity index (χ1v) is 4.81. The SMILES string of the molecule is [NH2+]c1ccc2c(c1)Cc1ccccc1-2. The molecule has 0 saturated carbocycles. The molecule has 2 N–H and O–H groups in total. The molecule has 0 atom stereocenters. The molecule has 1 aliphatic rings. The number of benzene rings is 2. The Morgan fingerprint density at radius 1 is 0.857 bits per heavy atom. The van der Waals surface area contributed by atoms with Crippen LogP contribution in [0.4, 0.5) is 5.69 Å². The van der Waals surface area contributed by atoms with Crippen LogP contribution in [0.3, 0.4) is 0 Å². The van der Waals surface area contributed by atoms with Gasteiger partial charge >= 0.3 is 0 Å². The molecule has 0 heterocycles. The standard InChI is InChI=1S/C13H11N/c14-11-5-6-13-10(8-11)7-9-3-1-2-4-12(9)13/h1-6,8H,7,14H2/q+1. The van der Waals surface area contributed by atoms with Gasteiger partial charge in [0.05, 0.1) is 0 Å². The van der Waals surface area contributed by atoms with Crippen molar-refractivity contribution >= 4 is 5.69 Å². The lowest BCUT2D eigenvalue weighted by Gasteiger charge is -1.98. The molecule has 0 unspecified atom stereocenters. The lowest BCUT2D eigenvalue weighted by atomic mass is 10.1. The minimum Gasteiger partial charge on any atom is -0.160 e. The van der Waals surface area contributed by atoms with Gasteiger partial charge in [0.15, 0.2) is 5.69 Å². The van der Waals surface area contributed by atoms with Gasteiger partial charge in [-0.2, -0.15) is 5.73 Å². The Labute approximate surface area is 83.2 Å². The van der Waals surface area contributed by atoms with Crippen LogP contribution in [0.5, 0.6) is 0 Å². The highest BCUT2D eigenvalue weighted by atomic mass is 14.5. The van der Waals surface area contributed by atoms with Crippen LogP contribution in [0.25, 0.3) is 11.1 Å². The van der Waals surface area contributed by atoms with E-state index in [0.717, 1.165) is 12.1 Å². The van der Waals surface area contributed by atoms with Gasteiger partial charge in [-0.15, -0.1) is 0 Å². The molecule has 2 aromatic rings. The summed E-state index contributed by atoms with van der Waals surface area (Å²) in [7, 11) is 0. The van der Waals surface area contributed by atoms with Crippen molar-refractivity contribution in [1.29, 1.82) is 0 Å². The normalized spacial score (nSPS) is 12.4. The van der Waals surface area contributed by atoms with Gasteiger partial charge in [0.2, 0.25) is 0 Å². The van der Waals surface area contributed by atoms with Crippen molar-refractivity contribution in [3.05, 3.63) is 53.6 Å². The number of nitrogens with two attached hydrogens (primary N) is 1. The zero-order chi connectivity index (χ0) is 9.54. The number of fused-ring (bicyclic) bond motifs is 3. The molecule has 3 rings (SSSR count). The third kappa shape index (κ3) is 0.994. The molecular formula is C13H11N+. The second-order valence-electron chi connectivity index (χ2n) is 3.75. The fourth-order valence-corrected chi connectivity index (χ4v) is 2.17. The molecule has 14 heavy (non-hydrogen) atoms. The first kappa shape index (κ1) is 7.77. The maximum atomic E-state index is 5.77. The van der Waals surface area contributed by atoms with Gasteiger partial charge in [0.1, 0.15) is 0 Å². The zero-order valence-electron chi connectivity index (χ0n) is 7.83. The molecule has 1 radical (unpaired) electrons. The Balaban J connectivity index is 2.27. The monoisotopic (exact) mass is 181 g/mol. The molecule has 1 nitrogen and oxygen atoms in total. The second-order valence-corrected chi connectivity index (χ2v) is 3.75. The summed E-state index contributed by atoms with van der Waals surface area (Å²) in [5.74, 6) is 0. The Morgan fingerprint density at radius 3 is 2.57 bits per heavy atom. The summed E-state index contributed by atoms with van der Waals surface area (Å²) in [4.78, 5) is 0. The molecule has 1 heteroatoms. The van der Waals surface area contributed by atoms with Gasteiger partial charge in [0, 0.05) is 12.1 Å². The van der Waals surface area contributed by atoms with Gasteiger partial charge in [-0.1, -0.05) is 24.3 Å². The van der Waals surface area contributed by atoms with E-state index in [1.54, 1.807) is 0 Å². The molecular weight excluding hydrogens is 170 g/mol. The molecule has 0 spiro atoms. The van der Waals surface area contributed by atoms with Crippen molar-refractivity contribution in [2.45, 2.75) is 6.42 Å². The van der Waals surface area contributed by atoms with E-state index >= 15 is 0 Å². The number of hydrogen-bond acceptors (Lipinski definition) is 1. The largest absolute Gasteiger partial charge is 0.177 e. The highest BCUT2D eigenvalue weighted by molar-refractivity contribution is 5.77. The van der Waals surface area contributed by atoms with Gasteiger partial charge in [-0.05, 0) is 34.7 Å². The van der Waals surface area contributed by atoms with E-state index in [-0.39, 0.29) is 0 Å². The van der Waals surface area contributed by atoms with E-state index in [0.29, 0.717) is 0 Å². The first-order chi connectivity index (χ1) is 6.84. The first-order valence-electron chi connectivity index (χ1n) is 4.81. The van der Waals surface area contributed by atoms with Crippen LogP contribution in [0.1, 0.15) is 11.1 Å². The third-order valence-corrected chi connectivity index (χ3v) is 2.82. The molecule has 0 aliphatic heterocycles.